The minimum atomic E-state index is 0.585. The van der Waals surface area contributed by atoms with E-state index in [4.69, 9.17) is 0 Å². The van der Waals surface area contributed by atoms with Gasteiger partial charge in [-0.15, -0.1) is 5.67 Å². The first kappa shape index (κ1) is 13.1. The second kappa shape index (κ2) is 8.67. The molecule has 0 heterocycles. The van der Waals surface area contributed by atoms with Crippen molar-refractivity contribution in [1.82, 2.24) is 0 Å². The van der Waals surface area contributed by atoms with Crippen LogP contribution >= 0.6 is 0 Å². The van der Waals surface area contributed by atoms with Gasteiger partial charge in [-0.25, -0.2) is 0 Å². The molecule has 0 aromatic rings. The van der Waals surface area contributed by atoms with E-state index in [2.05, 4.69) is 33.4 Å². The average molecular weight is 197 g/mol. The lowest BCUT2D eigenvalue weighted by molar-refractivity contribution is 0.625. The maximum absolute atomic E-state index is 3.92. The van der Waals surface area contributed by atoms with Crippen LogP contribution in [0.3, 0.4) is 0 Å². The molecule has 0 rings (SSSR count). The van der Waals surface area contributed by atoms with Crippen molar-refractivity contribution in [2.45, 2.75) is 58.4 Å². The molecule has 2 atom stereocenters. The maximum Gasteiger partial charge on any atom is -0.00888 e. The summed E-state index contributed by atoms with van der Waals surface area (Å²) in [7, 11) is 0.585. The molecule has 0 saturated carbocycles. The molecule has 13 heavy (non-hydrogen) atoms. The third-order valence-corrected chi connectivity index (χ3v) is 4.04. The van der Waals surface area contributed by atoms with Gasteiger partial charge in [-0.2, -0.15) is 0 Å². The molecule has 0 amide bonds. The molecule has 0 bridgehead atoms. The van der Waals surface area contributed by atoms with Crippen LogP contribution in [0.25, 0.3) is 0 Å². The molecular weight excluding hydrogens is 172 g/mol. The molecule has 0 aliphatic rings. The lowest BCUT2D eigenvalue weighted by Crippen LogP contribution is -1.99. The summed E-state index contributed by atoms with van der Waals surface area (Å²) in [5.74, 6) is 0.797. The van der Waals surface area contributed by atoms with Gasteiger partial charge in [-0.05, 0) is 27.0 Å². The largest absolute Gasteiger partial charge is 0.106 e. The molecule has 1 radical (unpaired) electrons. The monoisotopic (exact) mass is 197 g/mol. The molecule has 0 aromatic carbocycles. The zero-order valence-corrected chi connectivity index (χ0v) is 10.7. The Balaban J connectivity index is 3.46. The zero-order valence-electron chi connectivity index (χ0n) is 9.55. The van der Waals surface area contributed by atoms with Crippen LogP contribution in [0, 0.1) is 12.8 Å². The van der Waals surface area contributed by atoms with Crippen molar-refractivity contribution >= 4 is 14.8 Å². The average Bonchev–Trinajstić information content (AvgIpc) is 2.14. The van der Waals surface area contributed by atoms with Gasteiger partial charge in [0.15, 0.2) is 0 Å². The van der Waals surface area contributed by atoms with E-state index in [0.29, 0.717) is 9.13 Å². The fraction of sp³-hybridized carbons (Fsp3) is 0.833. The first-order chi connectivity index (χ1) is 6.20. The van der Waals surface area contributed by atoms with E-state index in [1.54, 1.807) is 0 Å². The van der Waals surface area contributed by atoms with Crippen molar-refractivity contribution < 1.29 is 0 Å². The highest BCUT2D eigenvalue weighted by Gasteiger charge is 1.97. The number of hydrogen-bond acceptors (Lipinski definition) is 0. The molecule has 1 heteroatoms. The summed E-state index contributed by atoms with van der Waals surface area (Å²) in [6.07, 6.45) is 6.56. The molecule has 0 aromatic heterocycles. The third kappa shape index (κ3) is 8.42. The predicted molar refractivity (Wildman–Crippen MR) is 65.9 cm³/mol. The highest BCUT2D eigenvalue weighted by Crippen LogP contribution is 2.10. The number of hydrogen-bond donors (Lipinski definition) is 0. The van der Waals surface area contributed by atoms with Crippen molar-refractivity contribution in [2.24, 2.45) is 5.92 Å². The second-order valence-electron chi connectivity index (χ2n) is 4.18. The van der Waals surface area contributed by atoms with E-state index in [9.17, 15) is 0 Å². The number of rotatable bonds is 7. The van der Waals surface area contributed by atoms with Gasteiger partial charge in [0, 0.05) is 0 Å². The fourth-order valence-corrected chi connectivity index (χ4v) is 2.80. The Kier molecular flexibility index (Phi) is 8.73. The van der Waals surface area contributed by atoms with Crippen molar-refractivity contribution in [2.75, 3.05) is 0 Å². The van der Waals surface area contributed by atoms with Crippen LogP contribution in [-0.2, 0) is 0 Å². The topological polar surface area (TPSA) is 0 Å². The van der Waals surface area contributed by atoms with Gasteiger partial charge in [-0.3, -0.25) is 0 Å². The molecule has 0 aliphatic carbocycles. The first-order valence-electron chi connectivity index (χ1n) is 5.66. The smallest absolute Gasteiger partial charge is 0.00888 e. The summed E-state index contributed by atoms with van der Waals surface area (Å²) in [6, 6.07) is 0. The zero-order chi connectivity index (χ0) is 10.1. The Hall–Kier alpha value is 0.0869. The summed E-state index contributed by atoms with van der Waals surface area (Å²) in [5, 5.41) is 0. The molecular formula is C12H25Si. The van der Waals surface area contributed by atoms with Crippen LogP contribution in [0.4, 0.5) is 0 Å². The van der Waals surface area contributed by atoms with Crippen LogP contribution < -0.4 is 0 Å². The van der Waals surface area contributed by atoms with Gasteiger partial charge < -0.3 is 0 Å². The quantitative estimate of drug-likeness (QED) is 0.548. The van der Waals surface area contributed by atoms with Gasteiger partial charge >= 0.3 is 0 Å². The lowest BCUT2D eigenvalue weighted by Gasteiger charge is -2.05. The minimum Gasteiger partial charge on any atom is -0.106 e. The van der Waals surface area contributed by atoms with Crippen molar-refractivity contribution in [1.29, 1.82) is 0 Å². The number of unbranched alkanes of at least 4 members (excludes halogenated alkanes) is 1. The standard InChI is InChI=1S/C12H25Si/c1-5-7-8-12(4)13-10-9-11(3)6-2/h10-13H,2,5-9H2,1,3-4H3. The van der Waals surface area contributed by atoms with Crippen LogP contribution in [-0.4, -0.2) is 14.8 Å². The fourth-order valence-electron chi connectivity index (χ4n) is 1.28. The summed E-state index contributed by atoms with van der Waals surface area (Å²) in [4.78, 5) is 0. The van der Waals surface area contributed by atoms with E-state index in [0.717, 1.165) is 17.9 Å². The normalized spacial score (nSPS) is 16.3. The molecule has 0 aliphatic heterocycles. The Labute approximate surface area is 86.6 Å². The first-order valence-corrected chi connectivity index (χ1v) is 6.99. The van der Waals surface area contributed by atoms with Gasteiger partial charge in [0.25, 0.3) is 0 Å². The van der Waals surface area contributed by atoms with E-state index in [1.165, 1.54) is 25.7 Å². The van der Waals surface area contributed by atoms with E-state index in [-0.39, 0.29) is 0 Å². The molecule has 0 N–H and O–H groups in total. The SMILES string of the molecule is [CH2]CC(C)CC=[SiH]C(C)CCCC. The van der Waals surface area contributed by atoms with Gasteiger partial charge in [0.05, 0.1) is 0 Å². The van der Waals surface area contributed by atoms with Crippen LogP contribution in [0.5, 0.6) is 0 Å². The molecule has 77 valence electrons. The molecule has 2 unspecified atom stereocenters. The van der Waals surface area contributed by atoms with Crippen LogP contribution in [0.2, 0.25) is 5.54 Å². The van der Waals surface area contributed by atoms with Crippen molar-refractivity contribution in [3.05, 3.63) is 6.92 Å². The highest BCUT2D eigenvalue weighted by molar-refractivity contribution is 6.48. The van der Waals surface area contributed by atoms with Crippen molar-refractivity contribution in [3.63, 3.8) is 0 Å². The van der Waals surface area contributed by atoms with E-state index >= 15 is 0 Å². The van der Waals surface area contributed by atoms with Crippen LogP contribution in [0.15, 0.2) is 0 Å². The predicted octanol–water partition coefficient (Wildman–Crippen LogP) is 3.47. The minimum absolute atomic E-state index is 0.585. The summed E-state index contributed by atoms with van der Waals surface area (Å²) < 4.78 is 0. The summed E-state index contributed by atoms with van der Waals surface area (Å²) >= 11 is 0. The highest BCUT2D eigenvalue weighted by atomic mass is 28.2. The summed E-state index contributed by atoms with van der Waals surface area (Å²) in [5.41, 5.74) is 3.51. The second-order valence-corrected chi connectivity index (χ2v) is 6.17. The summed E-state index contributed by atoms with van der Waals surface area (Å²) in [6.45, 7) is 10.9. The Morgan fingerprint density at radius 1 is 1.38 bits per heavy atom. The van der Waals surface area contributed by atoms with E-state index < -0.39 is 0 Å². The molecule has 0 spiro atoms. The molecule has 0 nitrogen and oxygen atoms in total. The maximum atomic E-state index is 3.92. The third-order valence-electron chi connectivity index (χ3n) is 2.51. The van der Waals surface area contributed by atoms with Crippen LogP contribution in [0.1, 0.15) is 52.9 Å². The van der Waals surface area contributed by atoms with Gasteiger partial charge in [0.2, 0.25) is 0 Å². The van der Waals surface area contributed by atoms with Gasteiger partial charge in [-0.1, -0.05) is 53.4 Å². The lowest BCUT2D eigenvalue weighted by atomic mass is 10.1. The van der Waals surface area contributed by atoms with Gasteiger partial charge in [0.1, 0.15) is 0 Å². The van der Waals surface area contributed by atoms with Crippen molar-refractivity contribution in [3.8, 4) is 0 Å². The Bertz CT molecular complexity index is 129. The Morgan fingerprint density at radius 3 is 2.62 bits per heavy atom. The molecule has 0 fully saturated rings. The molecule has 0 saturated heterocycles. The Morgan fingerprint density at radius 2 is 2.08 bits per heavy atom. The van der Waals surface area contributed by atoms with E-state index in [1.807, 2.05) is 0 Å².